The fourth-order valence-electron chi connectivity index (χ4n) is 0.817. The van der Waals surface area contributed by atoms with Gasteiger partial charge in [0.2, 0.25) is 0 Å². The van der Waals surface area contributed by atoms with Crippen LogP contribution in [0, 0.1) is 0 Å². The van der Waals surface area contributed by atoms with Gasteiger partial charge in [0.1, 0.15) is 5.75 Å². The lowest BCUT2D eigenvalue weighted by molar-refractivity contribution is -0.133. The number of aliphatic carboxylic acids is 1. The average Bonchev–Trinajstić information content (AvgIpc) is 2.15. The summed E-state index contributed by atoms with van der Waals surface area (Å²) in [7, 11) is 1.60. The van der Waals surface area contributed by atoms with Crippen LogP contribution in [0.25, 0.3) is 0 Å². The van der Waals surface area contributed by atoms with E-state index < -0.39 is 5.97 Å². The Morgan fingerprint density at radius 3 is 2.54 bits per heavy atom. The van der Waals surface area contributed by atoms with E-state index in [2.05, 4.69) is 0 Å². The molecule has 1 rings (SSSR count). The van der Waals surface area contributed by atoms with Crippen LogP contribution in [0.1, 0.15) is 0 Å². The summed E-state index contributed by atoms with van der Waals surface area (Å²) in [6, 6.07) is 7.30. The average molecular weight is 200 g/mol. The van der Waals surface area contributed by atoms with Crippen LogP contribution in [-0.2, 0) is 4.79 Å². The lowest BCUT2D eigenvalue weighted by Crippen LogP contribution is -1.97. The van der Waals surface area contributed by atoms with E-state index in [-0.39, 0.29) is 5.75 Å². The second kappa shape index (κ2) is 4.77. The minimum Gasteiger partial charge on any atom is -0.497 e. The lowest BCUT2D eigenvalue weighted by Gasteiger charge is -2.00. The van der Waals surface area contributed by atoms with Gasteiger partial charge in [-0.25, -0.2) is 0 Å². The SMILES string of the molecule is COc1ccc(S[13CH2][13C](=O)O)cc1. The Morgan fingerprint density at radius 1 is 1.46 bits per heavy atom. The molecule has 70 valence electrons. The summed E-state index contributed by atoms with van der Waals surface area (Å²) in [5, 5.41) is 8.43. The maximum Gasteiger partial charge on any atom is 0.313 e. The fraction of sp³-hybridized carbons (Fsp3) is 0.222. The summed E-state index contributed by atoms with van der Waals surface area (Å²) in [4.78, 5) is 11.2. The van der Waals surface area contributed by atoms with Gasteiger partial charge in [-0.1, -0.05) is 0 Å². The van der Waals surface area contributed by atoms with Gasteiger partial charge in [0.25, 0.3) is 0 Å². The largest absolute Gasteiger partial charge is 0.497 e. The molecule has 0 amide bonds. The van der Waals surface area contributed by atoms with Crippen LogP contribution >= 0.6 is 11.8 Å². The number of hydrogen-bond acceptors (Lipinski definition) is 3. The van der Waals surface area contributed by atoms with Crippen molar-refractivity contribution in [2.24, 2.45) is 0 Å². The molecular weight excluding hydrogens is 190 g/mol. The van der Waals surface area contributed by atoms with Gasteiger partial charge in [-0.05, 0) is 24.3 Å². The molecule has 13 heavy (non-hydrogen) atoms. The quantitative estimate of drug-likeness (QED) is 0.595. The van der Waals surface area contributed by atoms with Crippen molar-refractivity contribution < 1.29 is 14.6 Å². The molecule has 0 bridgehead atoms. The van der Waals surface area contributed by atoms with Crippen molar-refractivity contribution in [3.05, 3.63) is 24.3 Å². The van der Waals surface area contributed by atoms with Gasteiger partial charge in [0.15, 0.2) is 0 Å². The highest BCUT2D eigenvalue weighted by molar-refractivity contribution is 8.00. The molecule has 0 unspecified atom stereocenters. The zero-order chi connectivity index (χ0) is 9.68. The second-order valence-corrected chi connectivity index (χ2v) is 3.41. The van der Waals surface area contributed by atoms with Gasteiger partial charge in [0, 0.05) is 4.90 Å². The Kier molecular flexibility index (Phi) is 3.64. The summed E-state index contributed by atoms with van der Waals surface area (Å²) in [6.45, 7) is 0. The zero-order valence-electron chi connectivity index (χ0n) is 7.19. The van der Waals surface area contributed by atoms with E-state index in [1.165, 1.54) is 11.8 Å². The van der Waals surface area contributed by atoms with E-state index in [9.17, 15) is 4.79 Å². The maximum atomic E-state index is 10.3. The zero-order valence-corrected chi connectivity index (χ0v) is 8.00. The van der Waals surface area contributed by atoms with Crippen molar-refractivity contribution in [3.63, 3.8) is 0 Å². The van der Waals surface area contributed by atoms with Crippen molar-refractivity contribution >= 4 is 17.7 Å². The molecule has 0 saturated carbocycles. The summed E-state index contributed by atoms with van der Waals surface area (Å²) in [6.07, 6.45) is 0. The highest BCUT2D eigenvalue weighted by Crippen LogP contribution is 2.20. The van der Waals surface area contributed by atoms with Crippen LogP contribution in [-0.4, -0.2) is 23.9 Å². The third-order valence-corrected chi connectivity index (χ3v) is 2.42. The molecule has 0 aliphatic rings. The number of thioether (sulfide) groups is 1. The van der Waals surface area contributed by atoms with Gasteiger partial charge >= 0.3 is 5.97 Å². The summed E-state index contributed by atoms with van der Waals surface area (Å²) >= 11 is 1.29. The summed E-state index contributed by atoms with van der Waals surface area (Å²) in [5.41, 5.74) is 0. The predicted octanol–water partition coefficient (Wildman–Crippen LogP) is 1.87. The van der Waals surface area contributed by atoms with Crippen molar-refractivity contribution in [2.75, 3.05) is 12.9 Å². The van der Waals surface area contributed by atoms with Crippen LogP contribution in [0.15, 0.2) is 29.2 Å². The molecule has 0 fully saturated rings. The molecule has 0 heterocycles. The van der Waals surface area contributed by atoms with E-state index in [1.54, 1.807) is 7.11 Å². The molecule has 4 heteroatoms. The molecule has 0 aliphatic carbocycles. The molecule has 1 aromatic carbocycles. The molecule has 0 radical (unpaired) electrons. The molecule has 3 nitrogen and oxygen atoms in total. The number of ether oxygens (including phenoxy) is 1. The Hall–Kier alpha value is -1.16. The van der Waals surface area contributed by atoms with Crippen molar-refractivity contribution in [2.45, 2.75) is 4.90 Å². The van der Waals surface area contributed by atoms with E-state index in [0.29, 0.717) is 0 Å². The number of benzene rings is 1. The normalized spacial score (nSPS) is 9.62. The third-order valence-electron chi connectivity index (χ3n) is 1.42. The molecule has 1 aromatic rings. The van der Waals surface area contributed by atoms with E-state index in [0.717, 1.165) is 10.6 Å². The molecule has 0 saturated heterocycles. The molecule has 0 spiro atoms. The highest BCUT2D eigenvalue weighted by atomic mass is 32.2. The Labute approximate surface area is 80.7 Å². The van der Waals surface area contributed by atoms with Crippen LogP contribution in [0.2, 0.25) is 0 Å². The van der Waals surface area contributed by atoms with E-state index in [1.807, 2.05) is 24.3 Å². The first-order valence-electron chi connectivity index (χ1n) is 3.71. The molecule has 0 aliphatic heterocycles. The first-order chi connectivity index (χ1) is 6.22. The smallest absolute Gasteiger partial charge is 0.313 e. The first-order valence-corrected chi connectivity index (χ1v) is 4.69. The first kappa shape index (κ1) is 9.92. The minimum absolute atomic E-state index is 0.0896. The summed E-state index contributed by atoms with van der Waals surface area (Å²) in [5.74, 6) is 0.0623. The van der Waals surface area contributed by atoms with Gasteiger partial charge in [-0.3, -0.25) is 4.79 Å². The highest BCUT2D eigenvalue weighted by Gasteiger charge is 1.99. The van der Waals surface area contributed by atoms with E-state index in [4.69, 9.17) is 9.84 Å². The van der Waals surface area contributed by atoms with Gasteiger partial charge < -0.3 is 9.84 Å². The standard InChI is InChI=1S/C9H10O3S/c1-12-7-2-4-8(5-3-7)13-6-9(10)11/h2-5H,6H2,1H3,(H,10,11)/i6+1,9+1. The number of hydrogen-bond donors (Lipinski definition) is 1. The predicted molar refractivity (Wildman–Crippen MR) is 51.4 cm³/mol. The lowest BCUT2D eigenvalue weighted by atomic mass is 10.3. The van der Waals surface area contributed by atoms with Crippen molar-refractivity contribution in [1.82, 2.24) is 0 Å². The minimum atomic E-state index is -0.805. The Balaban J connectivity index is 2.54. The van der Waals surface area contributed by atoms with Gasteiger partial charge in [0.05, 0.1) is 12.9 Å². The fourth-order valence-corrected chi connectivity index (χ4v) is 1.44. The van der Waals surface area contributed by atoms with Gasteiger partial charge in [-0.15, -0.1) is 11.8 Å². The molecule has 0 aromatic heterocycles. The number of carboxylic acids is 1. The van der Waals surface area contributed by atoms with Crippen molar-refractivity contribution in [3.8, 4) is 5.75 Å². The van der Waals surface area contributed by atoms with Crippen LogP contribution < -0.4 is 4.74 Å². The molecule has 1 N–H and O–H groups in total. The molecular formula is C9H10O3S. The Morgan fingerprint density at radius 2 is 2.08 bits per heavy atom. The van der Waals surface area contributed by atoms with Crippen molar-refractivity contribution in [1.29, 1.82) is 0 Å². The second-order valence-electron chi connectivity index (χ2n) is 2.36. The van der Waals surface area contributed by atoms with Crippen LogP contribution in [0.5, 0.6) is 5.75 Å². The Bertz CT molecular complexity index is 281. The van der Waals surface area contributed by atoms with E-state index >= 15 is 0 Å². The van der Waals surface area contributed by atoms with Crippen LogP contribution in [0.4, 0.5) is 0 Å². The topological polar surface area (TPSA) is 46.5 Å². The summed E-state index contributed by atoms with van der Waals surface area (Å²) < 4.78 is 4.97. The number of carbonyl (C=O) groups is 1. The van der Waals surface area contributed by atoms with Gasteiger partial charge in [-0.2, -0.15) is 0 Å². The number of carboxylic acid groups (broad SMARTS) is 1. The third kappa shape index (κ3) is 3.38. The number of methoxy groups -OCH3 is 1. The maximum absolute atomic E-state index is 10.3. The number of rotatable bonds is 4. The van der Waals surface area contributed by atoms with Crippen LogP contribution in [0.3, 0.4) is 0 Å². The molecule has 0 atom stereocenters. The monoisotopic (exact) mass is 200 g/mol.